The Labute approximate surface area is 172 Å². The van der Waals surface area contributed by atoms with Gasteiger partial charge in [0.05, 0.1) is 24.5 Å². The molecule has 0 bridgehead atoms. The summed E-state index contributed by atoms with van der Waals surface area (Å²) in [7, 11) is 0. The van der Waals surface area contributed by atoms with Gasteiger partial charge in [0.1, 0.15) is 0 Å². The van der Waals surface area contributed by atoms with Crippen LogP contribution in [-0.4, -0.2) is 24.6 Å². The highest BCUT2D eigenvalue weighted by Crippen LogP contribution is 2.28. The van der Waals surface area contributed by atoms with Gasteiger partial charge in [-0.05, 0) is 32.6 Å². The standard InChI is InChI=1S/C24H42O4/c1-4-6-7-8-9-10-11-12-13-16-19-27-23(25)21-17-14-15-18-22(21)24(26)28-20(3)5-2/h14-15,20-22H,4-13,16-19H2,1-3H3. The third kappa shape index (κ3) is 10.3. The first kappa shape index (κ1) is 24.7. The molecule has 0 saturated heterocycles. The molecule has 162 valence electrons. The Morgan fingerprint density at radius 2 is 1.32 bits per heavy atom. The number of unbranched alkanes of at least 4 members (excludes halogenated alkanes) is 9. The number of esters is 2. The van der Waals surface area contributed by atoms with Crippen molar-refractivity contribution in [3.05, 3.63) is 12.2 Å². The van der Waals surface area contributed by atoms with Crippen molar-refractivity contribution in [3.8, 4) is 0 Å². The molecule has 1 aliphatic carbocycles. The molecule has 1 aliphatic rings. The van der Waals surface area contributed by atoms with E-state index in [9.17, 15) is 9.59 Å². The lowest BCUT2D eigenvalue weighted by Gasteiger charge is -2.26. The molecule has 3 unspecified atom stereocenters. The fourth-order valence-corrected chi connectivity index (χ4v) is 3.57. The molecule has 0 fully saturated rings. The minimum atomic E-state index is -0.404. The Kier molecular flexibility index (Phi) is 13.8. The smallest absolute Gasteiger partial charge is 0.310 e. The van der Waals surface area contributed by atoms with Crippen LogP contribution in [0.5, 0.6) is 0 Å². The van der Waals surface area contributed by atoms with Crippen molar-refractivity contribution in [3.63, 3.8) is 0 Å². The first-order chi connectivity index (χ1) is 13.6. The molecule has 0 amide bonds. The van der Waals surface area contributed by atoms with Gasteiger partial charge in [0.15, 0.2) is 0 Å². The maximum atomic E-state index is 12.5. The van der Waals surface area contributed by atoms with E-state index in [2.05, 4.69) is 6.92 Å². The number of ether oxygens (including phenoxy) is 2. The van der Waals surface area contributed by atoms with Crippen LogP contribution in [0.4, 0.5) is 0 Å². The van der Waals surface area contributed by atoms with Gasteiger partial charge in [-0.2, -0.15) is 0 Å². The van der Waals surface area contributed by atoms with E-state index in [1.165, 1.54) is 51.4 Å². The summed E-state index contributed by atoms with van der Waals surface area (Å²) in [4.78, 5) is 24.8. The lowest BCUT2D eigenvalue weighted by atomic mass is 9.83. The summed E-state index contributed by atoms with van der Waals surface area (Å²) < 4.78 is 10.9. The maximum absolute atomic E-state index is 12.5. The third-order valence-corrected chi connectivity index (χ3v) is 5.67. The summed E-state index contributed by atoms with van der Waals surface area (Å²) in [6.07, 6.45) is 18.3. The zero-order valence-corrected chi connectivity index (χ0v) is 18.4. The quantitative estimate of drug-likeness (QED) is 0.184. The highest BCUT2D eigenvalue weighted by Gasteiger charge is 2.36. The summed E-state index contributed by atoms with van der Waals surface area (Å²) in [6.45, 7) is 6.57. The van der Waals surface area contributed by atoms with Crippen LogP contribution in [0, 0.1) is 11.8 Å². The summed E-state index contributed by atoms with van der Waals surface area (Å²) in [5.74, 6) is -1.31. The number of hydrogen-bond acceptors (Lipinski definition) is 4. The van der Waals surface area contributed by atoms with Crippen molar-refractivity contribution in [2.75, 3.05) is 6.61 Å². The predicted molar refractivity (Wildman–Crippen MR) is 114 cm³/mol. The van der Waals surface area contributed by atoms with Crippen LogP contribution in [0.2, 0.25) is 0 Å². The number of carbonyl (C=O) groups is 2. The minimum Gasteiger partial charge on any atom is -0.465 e. The van der Waals surface area contributed by atoms with Crippen molar-refractivity contribution in [2.45, 2.75) is 110 Å². The van der Waals surface area contributed by atoms with Gasteiger partial charge in [-0.15, -0.1) is 0 Å². The van der Waals surface area contributed by atoms with Gasteiger partial charge in [-0.25, -0.2) is 0 Å². The van der Waals surface area contributed by atoms with Crippen LogP contribution in [0.15, 0.2) is 12.2 Å². The van der Waals surface area contributed by atoms with Gasteiger partial charge in [-0.1, -0.05) is 83.8 Å². The Hall–Kier alpha value is -1.32. The molecule has 0 aliphatic heterocycles. The second-order valence-corrected chi connectivity index (χ2v) is 8.16. The Morgan fingerprint density at radius 3 is 1.86 bits per heavy atom. The third-order valence-electron chi connectivity index (χ3n) is 5.67. The summed E-state index contributed by atoms with van der Waals surface area (Å²) in [5, 5.41) is 0. The lowest BCUT2D eigenvalue weighted by molar-refractivity contribution is -0.164. The van der Waals surface area contributed by atoms with E-state index >= 15 is 0 Å². The molecule has 0 aromatic heterocycles. The van der Waals surface area contributed by atoms with Crippen LogP contribution in [0.1, 0.15) is 104 Å². The van der Waals surface area contributed by atoms with Gasteiger partial charge in [0.2, 0.25) is 0 Å². The largest absolute Gasteiger partial charge is 0.465 e. The van der Waals surface area contributed by atoms with Gasteiger partial charge >= 0.3 is 11.9 Å². The molecular weight excluding hydrogens is 352 g/mol. The Bertz CT molecular complexity index is 458. The zero-order chi connectivity index (χ0) is 20.6. The molecule has 0 spiro atoms. The Morgan fingerprint density at radius 1 is 0.821 bits per heavy atom. The fourth-order valence-electron chi connectivity index (χ4n) is 3.57. The van der Waals surface area contributed by atoms with Crippen LogP contribution in [0.25, 0.3) is 0 Å². The molecule has 0 radical (unpaired) electrons. The second-order valence-electron chi connectivity index (χ2n) is 8.16. The van der Waals surface area contributed by atoms with Gasteiger partial charge < -0.3 is 9.47 Å². The predicted octanol–water partition coefficient (Wildman–Crippen LogP) is 6.37. The van der Waals surface area contributed by atoms with Crippen LogP contribution < -0.4 is 0 Å². The van der Waals surface area contributed by atoms with E-state index in [4.69, 9.17) is 9.47 Å². The summed E-state index contributed by atoms with van der Waals surface area (Å²) in [6, 6.07) is 0. The highest BCUT2D eigenvalue weighted by molar-refractivity contribution is 5.82. The van der Waals surface area contributed by atoms with E-state index in [0.717, 1.165) is 19.3 Å². The van der Waals surface area contributed by atoms with Crippen molar-refractivity contribution in [1.29, 1.82) is 0 Å². The number of carbonyl (C=O) groups excluding carboxylic acids is 2. The summed E-state index contributed by atoms with van der Waals surface area (Å²) in [5.41, 5.74) is 0. The van der Waals surface area contributed by atoms with Crippen LogP contribution in [-0.2, 0) is 19.1 Å². The average Bonchev–Trinajstić information content (AvgIpc) is 2.71. The van der Waals surface area contributed by atoms with Crippen molar-refractivity contribution in [2.24, 2.45) is 11.8 Å². The second kappa shape index (κ2) is 15.6. The monoisotopic (exact) mass is 394 g/mol. The van der Waals surface area contributed by atoms with E-state index in [1.807, 2.05) is 26.0 Å². The summed E-state index contributed by atoms with van der Waals surface area (Å²) >= 11 is 0. The van der Waals surface area contributed by atoms with Crippen molar-refractivity contribution in [1.82, 2.24) is 0 Å². The molecule has 0 heterocycles. The van der Waals surface area contributed by atoms with E-state index in [1.54, 1.807) is 0 Å². The van der Waals surface area contributed by atoms with Crippen molar-refractivity contribution >= 4 is 11.9 Å². The van der Waals surface area contributed by atoms with Crippen molar-refractivity contribution < 1.29 is 19.1 Å². The first-order valence-corrected chi connectivity index (χ1v) is 11.6. The van der Waals surface area contributed by atoms with Gasteiger partial charge in [0.25, 0.3) is 0 Å². The van der Waals surface area contributed by atoms with Crippen LogP contribution >= 0.6 is 0 Å². The molecular formula is C24H42O4. The molecule has 0 N–H and O–H groups in total. The fraction of sp³-hybridized carbons (Fsp3) is 0.833. The molecule has 28 heavy (non-hydrogen) atoms. The molecule has 1 rings (SSSR count). The van der Waals surface area contributed by atoms with Gasteiger partial charge in [0, 0.05) is 0 Å². The van der Waals surface area contributed by atoms with Gasteiger partial charge in [-0.3, -0.25) is 9.59 Å². The molecule has 3 atom stereocenters. The zero-order valence-electron chi connectivity index (χ0n) is 18.4. The Balaban J connectivity index is 2.17. The molecule has 0 aromatic rings. The number of hydrogen-bond donors (Lipinski definition) is 0. The van der Waals surface area contributed by atoms with E-state index in [-0.39, 0.29) is 18.0 Å². The number of allylic oxidation sites excluding steroid dienone is 2. The topological polar surface area (TPSA) is 52.6 Å². The minimum absolute atomic E-state index is 0.110. The average molecular weight is 395 g/mol. The molecule has 0 aromatic carbocycles. The number of rotatable bonds is 15. The van der Waals surface area contributed by atoms with E-state index < -0.39 is 11.8 Å². The molecule has 4 nitrogen and oxygen atoms in total. The lowest BCUT2D eigenvalue weighted by Crippen LogP contribution is -2.35. The SMILES string of the molecule is CCCCCCCCCCCCOC(=O)C1CC=CCC1C(=O)OC(C)CC. The maximum Gasteiger partial charge on any atom is 0.310 e. The molecule has 0 saturated carbocycles. The normalized spacial score (nSPS) is 20.0. The molecule has 4 heteroatoms. The van der Waals surface area contributed by atoms with E-state index in [0.29, 0.717) is 19.4 Å². The first-order valence-electron chi connectivity index (χ1n) is 11.6. The highest BCUT2D eigenvalue weighted by atomic mass is 16.5. The van der Waals surface area contributed by atoms with Crippen LogP contribution in [0.3, 0.4) is 0 Å².